The summed E-state index contributed by atoms with van der Waals surface area (Å²) in [6, 6.07) is 14.9. The molecule has 0 bridgehead atoms. The number of nitriles is 1. The van der Waals surface area contributed by atoms with Gasteiger partial charge in [0.2, 0.25) is 0 Å². The van der Waals surface area contributed by atoms with Crippen molar-refractivity contribution in [3.8, 4) is 17.8 Å². The number of pyridine rings is 1. The fraction of sp³-hybridized carbons (Fsp3) is 0.0476. The van der Waals surface area contributed by atoms with Gasteiger partial charge < -0.3 is 9.64 Å². The van der Waals surface area contributed by atoms with E-state index >= 15 is 0 Å². The summed E-state index contributed by atoms with van der Waals surface area (Å²) >= 11 is 0. The van der Waals surface area contributed by atoms with Crippen molar-refractivity contribution in [3.05, 3.63) is 82.7 Å². The molecule has 0 amide bonds. The lowest BCUT2D eigenvalue weighted by molar-refractivity contribution is 0.443. The highest BCUT2D eigenvalue weighted by molar-refractivity contribution is 5.76. The summed E-state index contributed by atoms with van der Waals surface area (Å²) in [5.74, 6) is -0.0779. The molecule has 4 aromatic rings. The standard InChI is InChI=1S/C21H14FN5O2/c1-27(15-4-7-18(22)13(10-15)11-23)14-2-5-16(6-3-14)29-21-25-19-12-24-9-8-17(19)20(28)26-21/h2-10,12H,1H3,(H,25,26,28). The molecule has 0 saturated carbocycles. The fourth-order valence-corrected chi connectivity index (χ4v) is 2.82. The summed E-state index contributed by atoms with van der Waals surface area (Å²) in [5.41, 5.74) is 1.58. The third-order valence-electron chi connectivity index (χ3n) is 4.38. The van der Waals surface area contributed by atoms with Gasteiger partial charge in [0, 0.05) is 24.6 Å². The zero-order chi connectivity index (χ0) is 20.4. The third kappa shape index (κ3) is 3.61. The number of nitrogens with zero attached hydrogens (tertiary/aromatic N) is 4. The van der Waals surface area contributed by atoms with E-state index in [-0.39, 0.29) is 17.1 Å². The molecule has 1 N–H and O–H groups in total. The number of halogens is 1. The van der Waals surface area contributed by atoms with Crippen molar-refractivity contribution in [2.45, 2.75) is 0 Å². The van der Waals surface area contributed by atoms with E-state index in [0.717, 1.165) is 5.69 Å². The van der Waals surface area contributed by atoms with Crippen molar-refractivity contribution in [1.29, 1.82) is 5.26 Å². The van der Waals surface area contributed by atoms with Crippen molar-refractivity contribution in [2.75, 3.05) is 11.9 Å². The van der Waals surface area contributed by atoms with E-state index in [9.17, 15) is 9.18 Å². The second-order valence-corrected chi connectivity index (χ2v) is 6.19. The van der Waals surface area contributed by atoms with Gasteiger partial charge in [0.1, 0.15) is 17.6 Å². The Balaban J connectivity index is 1.57. The number of hydrogen-bond donors (Lipinski definition) is 1. The molecule has 0 aliphatic heterocycles. The maximum Gasteiger partial charge on any atom is 0.302 e. The Morgan fingerprint density at radius 1 is 1.14 bits per heavy atom. The number of anilines is 2. The first-order valence-electron chi connectivity index (χ1n) is 8.60. The Morgan fingerprint density at radius 2 is 1.90 bits per heavy atom. The van der Waals surface area contributed by atoms with E-state index in [1.165, 1.54) is 24.5 Å². The van der Waals surface area contributed by atoms with Crippen LogP contribution in [0, 0.1) is 17.1 Å². The van der Waals surface area contributed by atoms with E-state index in [1.54, 1.807) is 43.4 Å². The van der Waals surface area contributed by atoms with Gasteiger partial charge in [-0.2, -0.15) is 10.2 Å². The Morgan fingerprint density at radius 3 is 2.66 bits per heavy atom. The van der Waals surface area contributed by atoms with Crippen LogP contribution in [0.1, 0.15) is 5.56 Å². The molecule has 142 valence electrons. The lowest BCUT2D eigenvalue weighted by Gasteiger charge is -2.20. The lowest BCUT2D eigenvalue weighted by Crippen LogP contribution is -2.10. The maximum atomic E-state index is 13.5. The molecule has 0 aliphatic carbocycles. The van der Waals surface area contributed by atoms with Crippen LogP contribution in [0.2, 0.25) is 0 Å². The molecule has 8 heteroatoms. The van der Waals surface area contributed by atoms with Gasteiger partial charge in [-0.1, -0.05) is 0 Å². The van der Waals surface area contributed by atoms with E-state index in [1.807, 2.05) is 11.0 Å². The van der Waals surface area contributed by atoms with Gasteiger partial charge in [-0.05, 0) is 48.5 Å². The summed E-state index contributed by atoms with van der Waals surface area (Å²) in [6.45, 7) is 0. The number of benzene rings is 2. The number of fused-ring (bicyclic) bond motifs is 1. The van der Waals surface area contributed by atoms with Crippen LogP contribution in [0.25, 0.3) is 10.9 Å². The number of ether oxygens (including phenoxy) is 1. The Kier molecular flexibility index (Phi) is 4.63. The first-order chi connectivity index (χ1) is 14.0. The molecular formula is C21H14FN5O2. The van der Waals surface area contributed by atoms with Crippen LogP contribution in [-0.2, 0) is 0 Å². The molecular weight excluding hydrogens is 373 g/mol. The van der Waals surface area contributed by atoms with Gasteiger partial charge in [-0.25, -0.2) is 4.39 Å². The van der Waals surface area contributed by atoms with Gasteiger partial charge >= 0.3 is 6.01 Å². The van der Waals surface area contributed by atoms with E-state index in [2.05, 4.69) is 15.0 Å². The lowest BCUT2D eigenvalue weighted by atomic mass is 10.2. The first-order valence-corrected chi connectivity index (χ1v) is 8.60. The molecule has 2 heterocycles. The molecule has 0 spiro atoms. The SMILES string of the molecule is CN(c1ccc(Oc2nc3cnccc3c(=O)[nH]2)cc1)c1ccc(F)c(C#N)c1. The minimum Gasteiger partial charge on any atom is -0.426 e. The molecule has 29 heavy (non-hydrogen) atoms. The highest BCUT2D eigenvalue weighted by Gasteiger charge is 2.10. The molecule has 0 saturated heterocycles. The van der Waals surface area contributed by atoms with Crippen molar-refractivity contribution in [1.82, 2.24) is 15.0 Å². The summed E-state index contributed by atoms with van der Waals surface area (Å²) in [7, 11) is 1.81. The van der Waals surface area contributed by atoms with Crippen molar-refractivity contribution >= 4 is 22.3 Å². The minimum atomic E-state index is -0.555. The Bertz CT molecular complexity index is 1300. The zero-order valence-electron chi connectivity index (χ0n) is 15.3. The smallest absolute Gasteiger partial charge is 0.302 e. The predicted molar refractivity (Wildman–Crippen MR) is 106 cm³/mol. The third-order valence-corrected chi connectivity index (χ3v) is 4.38. The van der Waals surface area contributed by atoms with Crippen LogP contribution in [0.4, 0.5) is 15.8 Å². The van der Waals surface area contributed by atoms with Gasteiger partial charge in [0.05, 0.1) is 22.7 Å². The number of aromatic amines is 1. The Labute approximate surface area is 164 Å². The Hall–Kier alpha value is -4.25. The molecule has 0 atom stereocenters. The molecule has 7 nitrogen and oxygen atoms in total. The van der Waals surface area contributed by atoms with Gasteiger partial charge in [0.25, 0.3) is 5.56 Å². The van der Waals surface area contributed by atoms with Crippen molar-refractivity contribution in [2.24, 2.45) is 0 Å². The van der Waals surface area contributed by atoms with E-state index in [4.69, 9.17) is 10.00 Å². The van der Waals surface area contributed by atoms with Crippen LogP contribution in [0.5, 0.6) is 11.8 Å². The molecule has 0 radical (unpaired) electrons. The number of aromatic nitrogens is 3. The summed E-state index contributed by atoms with van der Waals surface area (Å²) in [5, 5.41) is 9.43. The second kappa shape index (κ2) is 7.40. The molecule has 2 aromatic heterocycles. The monoisotopic (exact) mass is 387 g/mol. The first kappa shape index (κ1) is 18.1. The van der Waals surface area contributed by atoms with Crippen LogP contribution < -0.4 is 15.2 Å². The van der Waals surface area contributed by atoms with Gasteiger partial charge in [-0.3, -0.25) is 14.8 Å². The van der Waals surface area contributed by atoms with Crippen molar-refractivity contribution in [3.63, 3.8) is 0 Å². The van der Waals surface area contributed by atoms with Crippen molar-refractivity contribution < 1.29 is 9.13 Å². The summed E-state index contributed by atoms with van der Waals surface area (Å²) in [6.07, 6.45) is 3.02. The van der Waals surface area contributed by atoms with Crippen LogP contribution >= 0.6 is 0 Å². The maximum absolute atomic E-state index is 13.5. The van der Waals surface area contributed by atoms with Crippen LogP contribution in [0.3, 0.4) is 0 Å². The summed E-state index contributed by atoms with van der Waals surface area (Å²) < 4.78 is 19.2. The second-order valence-electron chi connectivity index (χ2n) is 6.19. The molecule has 4 rings (SSSR count). The van der Waals surface area contributed by atoms with Gasteiger partial charge in [-0.15, -0.1) is 0 Å². The zero-order valence-corrected chi connectivity index (χ0v) is 15.3. The highest BCUT2D eigenvalue weighted by atomic mass is 19.1. The minimum absolute atomic E-state index is 0.0184. The van der Waals surface area contributed by atoms with E-state index in [0.29, 0.717) is 22.3 Å². The molecule has 2 aromatic carbocycles. The largest absolute Gasteiger partial charge is 0.426 e. The number of rotatable bonds is 4. The predicted octanol–water partition coefficient (Wildman–Crippen LogP) is 3.89. The normalized spacial score (nSPS) is 10.5. The number of H-pyrrole nitrogens is 1. The van der Waals surface area contributed by atoms with Gasteiger partial charge in [0.15, 0.2) is 0 Å². The van der Waals surface area contributed by atoms with Crippen LogP contribution in [-0.4, -0.2) is 22.0 Å². The average molecular weight is 387 g/mol. The number of nitrogens with one attached hydrogen (secondary N) is 1. The van der Waals surface area contributed by atoms with E-state index < -0.39 is 5.82 Å². The summed E-state index contributed by atoms with van der Waals surface area (Å²) in [4.78, 5) is 24.7. The number of hydrogen-bond acceptors (Lipinski definition) is 6. The average Bonchev–Trinajstić information content (AvgIpc) is 2.74. The molecule has 0 unspecified atom stereocenters. The molecule has 0 fully saturated rings. The topological polar surface area (TPSA) is 94.9 Å². The quantitative estimate of drug-likeness (QED) is 0.571. The highest BCUT2D eigenvalue weighted by Crippen LogP contribution is 2.28. The van der Waals surface area contributed by atoms with Crippen LogP contribution in [0.15, 0.2) is 65.7 Å². The molecule has 0 aliphatic rings. The fourth-order valence-electron chi connectivity index (χ4n) is 2.82.